The van der Waals surface area contributed by atoms with E-state index in [0.29, 0.717) is 12.1 Å². The predicted molar refractivity (Wildman–Crippen MR) is 82.6 cm³/mol. The molecule has 1 aliphatic rings. The summed E-state index contributed by atoms with van der Waals surface area (Å²) in [6, 6.07) is 2.99. The molecule has 2 unspecified atom stereocenters. The molecule has 2 aromatic rings. The summed E-state index contributed by atoms with van der Waals surface area (Å²) >= 11 is 12.0. The number of fused-ring (bicyclic) bond motifs is 1. The molecule has 0 saturated carbocycles. The van der Waals surface area contributed by atoms with Crippen LogP contribution < -0.4 is 0 Å². The molecule has 1 aliphatic heterocycles. The second-order valence-electron chi connectivity index (χ2n) is 5.42. The van der Waals surface area contributed by atoms with E-state index in [9.17, 15) is 4.39 Å². The summed E-state index contributed by atoms with van der Waals surface area (Å²) in [5, 5.41) is -0.163. The quantitative estimate of drug-likeness (QED) is 0.760. The molecular formula is C15H17Cl2FN2O. The minimum atomic E-state index is -0.434. The Morgan fingerprint density at radius 1 is 1.52 bits per heavy atom. The van der Waals surface area contributed by atoms with Crippen LogP contribution in [0.1, 0.15) is 37.4 Å². The van der Waals surface area contributed by atoms with Gasteiger partial charge < -0.3 is 9.30 Å². The zero-order chi connectivity index (χ0) is 15.0. The number of aryl methyl sites for hydroxylation is 1. The third-order valence-electron chi connectivity index (χ3n) is 3.87. The molecule has 0 radical (unpaired) electrons. The highest BCUT2D eigenvalue weighted by molar-refractivity contribution is 6.31. The number of hydrogen-bond acceptors (Lipinski definition) is 2. The maximum absolute atomic E-state index is 13.7. The Labute approximate surface area is 133 Å². The first-order valence-corrected chi connectivity index (χ1v) is 7.98. The van der Waals surface area contributed by atoms with E-state index in [4.69, 9.17) is 27.9 Å². The first-order valence-electron chi connectivity index (χ1n) is 7.17. The fourth-order valence-corrected chi connectivity index (χ4v) is 3.15. The van der Waals surface area contributed by atoms with Crippen LogP contribution in [0.25, 0.3) is 11.0 Å². The van der Waals surface area contributed by atoms with Crippen LogP contribution in [0.4, 0.5) is 4.39 Å². The van der Waals surface area contributed by atoms with E-state index >= 15 is 0 Å². The maximum Gasteiger partial charge on any atom is 0.144 e. The lowest BCUT2D eigenvalue weighted by Crippen LogP contribution is -2.12. The van der Waals surface area contributed by atoms with Gasteiger partial charge >= 0.3 is 0 Å². The Morgan fingerprint density at radius 3 is 3.00 bits per heavy atom. The Balaban J connectivity index is 1.96. The van der Waals surface area contributed by atoms with Crippen molar-refractivity contribution < 1.29 is 9.13 Å². The molecule has 0 amide bonds. The zero-order valence-corrected chi connectivity index (χ0v) is 13.3. The Hall–Kier alpha value is -0.840. The molecule has 114 valence electrons. The first-order chi connectivity index (χ1) is 10.1. The predicted octanol–water partition coefficient (Wildman–Crippen LogP) is 4.70. The van der Waals surface area contributed by atoms with Crippen molar-refractivity contribution in [1.82, 2.24) is 9.55 Å². The molecule has 2 atom stereocenters. The monoisotopic (exact) mass is 330 g/mol. The molecule has 3 rings (SSSR count). The zero-order valence-electron chi connectivity index (χ0n) is 11.8. The molecule has 3 nitrogen and oxygen atoms in total. The molecule has 1 saturated heterocycles. The van der Waals surface area contributed by atoms with Crippen molar-refractivity contribution in [2.24, 2.45) is 0 Å². The van der Waals surface area contributed by atoms with Crippen molar-refractivity contribution in [3.05, 3.63) is 28.8 Å². The number of hydrogen-bond donors (Lipinski definition) is 0. The van der Waals surface area contributed by atoms with Crippen molar-refractivity contribution in [1.29, 1.82) is 0 Å². The van der Waals surface area contributed by atoms with Crippen LogP contribution in [0.3, 0.4) is 0 Å². The third-order valence-corrected chi connectivity index (χ3v) is 4.36. The van der Waals surface area contributed by atoms with Crippen molar-refractivity contribution in [2.75, 3.05) is 6.61 Å². The summed E-state index contributed by atoms with van der Waals surface area (Å²) in [6.45, 7) is 3.41. The standard InChI is InChI=1S/C15H17Cl2FN2O/c1-9(16)15-19-13-7-11(17)12(18)8-14(13)20(15)5-4-10-3-2-6-21-10/h7-10H,2-6H2,1H3. The van der Waals surface area contributed by atoms with Gasteiger partial charge in [-0.15, -0.1) is 11.6 Å². The van der Waals surface area contributed by atoms with Gasteiger partial charge in [-0.2, -0.15) is 0 Å². The van der Waals surface area contributed by atoms with Crippen molar-refractivity contribution >= 4 is 34.2 Å². The Kier molecular flexibility index (Phi) is 4.38. The molecule has 6 heteroatoms. The van der Waals surface area contributed by atoms with Crippen LogP contribution in [0.2, 0.25) is 5.02 Å². The number of nitrogens with zero attached hydrogens (tertiary/aromatic N) is 2. The molecule has 1 aromatic heterocycles. The number of ether oxygens (including phenoxy) is 1. The van der Waals surface area contributed by atoms with E-state index in [2.05, 4.69) is 4.98 Å². The molecule has 1 fully saturated rings. The topological polar surface area (TPSA) is 27.1 Å². The van der Waals surface area contributed by atoms with Gasteiger partial charge in [0.1, 0.15) is 11.6 Å². The van der Waals surface area contributed by atoms with E-state index in [1.54, 1.807) is 6.07 Å². The lowest BCUT2D eigenvalue weighted by atomic mass is 10.2. The Bertz CT molecular complexity index is 651. The molecule has 2 heterocycles. The average molecular weight is 331 g/mol. The SMILES string of the molecule is CC(Cl)c1nc2cc(Cl)c(F)cc2n1CCC1CCCO1. The van der Waals surface area contributed by atoms with Gasteiger partial charge in [-0.1, -0.05) is 11.6 Å². The summed E-state index contributed by atoms with van der Waals surface area (Å²) < 4.78 is 21.4. The summed E-state index contributed by atoms with van der Waals surface area (Å²) in [4.78, 5) is 4.50. The summed E-state index contributed by atoms with van der Waals surface area (Å²) in [5.74, 6) is 0.308. The van der Waals surface area contributed by atoms with Gasteiger partial charge in [0.15, 0.2) is 0 Å². The van der Waals surface area contributed by atoms with Gasteiger partial charge in [0, 0.05) is 19.2 Å². The molecule has 0 aliphatic carbocycles. The fourth-order valence-electron chi connectivity index (χ4n) is 2.82. The number of alkyl halides is 1. The minimum absolute atomic E-state index is 0.0834. The van der Waals surface area contributed by atoms with Gasteiger partial charge in [0.05, 0.1) is 27.5 Å². The molecule has 0 N–H and O–H groups in total. The van der Waals surface area contributed by atoms with Crippen LogP contribution in [0.5, 0.6) is 0 Å². The van der Waals surface area contributed by atoms with E-state index in [1.165, 1.54) is 6.07 Å². The highest BCUT2D eigenvalue weighted by Crippen LogP contribution is 2.29. The van der Waals surface area contributed by atoms with Gasteiger partial charge in [-0.05, 0) is 32.3 Å². The van der Waals surface area contributed by atoms with Crippen molar-refractivity contribution in [3.8, 4) is 0 Å². The smallest absolute Gasteiger partial charge is 0.144 e. The lowest BCUT2D eigenvalue weighted by Gasteiger charge is -2.13. The highest BCUT2D eigenvalue weighted by atomic mass is 35.5. The van der Waals surface area contributed by atoms with Crippen LogP contribution >= 0.6 is 23.2 Å². The summed E-state index contributed by atoms with van der Waals surface area (Å²) in [7, 11) is 0. The maximum atomic E-state index is 13.7. The summed E-state index contributed by atoms with van der Waals surface area (Å²) in [5.41, 5.74) is 1.41. The van der Waals surface area contributed by atoms with Crippen LogP contribution in [-0.2, 0) is 11.3 Å². The van der Waals surface area contributed by atoms with Gasteiger partial charge in [-0.3, -0.25) is 0 Å². The number of imidazole rings is 1. The van der Waals surface area contributed by atoms with Gasteiger partial charge in [-0.25, -0.2) is 9.37 Å². The van der Waals surface area contributed by atoms with E-state index < -0.39 is 5.82 Å². The summed E-state index contributed by atoms with van der Waals surface area (Å²) in [6.07, 6.45) is 3.35. The molecule has 21 heavy (non-hydrogen) atoms. The lowest BCUT2D eigenvalue weighted by molar-refractivity contribution is 0.100. The van der Waals surface area contributed by atoms with E-state index in [0.717, 1.165) is 37.2 Å². The number of benzene rings is 1. The molecule has 0 bridgehead atoms. The molecular weight excluding hydrogens is 314 g/mol. The van der Waals surface area contributed by atoms with E-state index in [1.807, 2.05) is 11.5 Å². The largest absolute Gasteiger partial charge is 0.378 e. The second kappa shape index (κ2) is 6.11. The van der Waals surface area contributed by atoms with Gasteiger partial charge in [0.2, 0.25) is 0 Å². The minimum Gasteiger partial charge on any atom is -0.378 e. The van der Waals surface area contributed by atoms with Crippen LogP contribution in [0.15, 0.2) is 12.1 Å². The first kappa shape index (κ1) is 15.1. The number of halogens is 3. The van der Waals surface area contributed by atoms with Gasteiger partial charge in [0.25, 0.3) is 0 Å². The normalized spacial score (nSPS) is 20.3. The van der Waals surface area contributed by atoms with Crippen LogP contribution in [-0.4, -0.2) is 22.3 Å². The average Bonchev–Trinajstić information content (AvgIpc) is 3.05. The van der Waals surface area contributed by atoms with Crippen LogP contribution in [0, 0.1) is 5.82 Å². The van der Waals surface area contributed by atoms with Crippen molar-refractivity contribution in [2.45, 2.75) is 44.2 Å². The second-order valence-corrected chi connectivity index (χ2v) is 6.48. The molecule has 1 aromatic carbocycles. The third kappa shape index (κ3) is 3.03. The highest BCUT2D eigenvalue weighted by Gasteiger charge is 2.20. The fraction of sp³-hybridized carbons (Fsp3) is 0.533. The molecule has 0 spiro atoms. The van der Waals surface area contributed by atoms with Crippen molar-refractivity contribution in [3.63, 3.8) is 0 Å². The Morgan fingerprint density at radius 2 is 2.33 bits per heavy atom. The van der Waals surface area contributed by atoms with E-state index in [-0.39, 0.29) is 16.5 Å². The number of aromatic nitrogens is 2. The number of rotatable bonds is 4.